The first kappa shape index (κ1) is 73.6. The van der Waals surface area contributed by atoms with Gasteiger partial charge in [0.2, 0.25) is 0 Å². The molecule has 0 aromatic carbocycles. The third-order valence-electron chi connectivity index (χ3n) is 15.3. The molecule has 0 bridgehead atoms. The van der Waals surface area contributed by atoms with Gasteiger partial charge in [0.1, 0.15) is 6.61 Å². The van der Waals surface area contributed by atoms with Crippen LogP contribution in [-0.4, -0.2) is 36.4 Å². The molecule has 0 saturated heterocycles. The molecule has 76 heavy (non-hydrogen) atoms. The van der Waals surface area contributed by atoms with Gasteiger partial charge in [0.25, 0.3) is 0 Å². The van der Waals surface area contributed by atoms with E-state index in [0.717, 1.165) is 57.8 Å². The van der Waals surface area contributed by atoms with Gasteiger partial charge in [-0.15, -0.1) is 0 Å². The lowest BCUT2D eigenvalue weighted by Gasteiger charge is -2.15. The van der Waals surface area contributed by atoms with Gasteiger partial charge < -0.3 is 14.6 Å². The van der Waals surface area contributed by atoms with Gasteiger partial charge in [-0.25, -0.2) is 0 Å². The molecule has 0 radical (unpaired) electrons. The maximum Gasteiger partial charge on any atom is 0.306 e. The van der Waals surface area contributed by atoms with E-state index in [1.165, 1.54) is 276 Å². The zero-order chi connectivity index (χ0) is 54.8. The molecule has 5 heteroatoms. The van der Waals surface area contributed by atoms with E-state index in [2.05, 4.69) is 74.6 Å². The van der Waals surface area contributed by atoms with E-state index in [1.807, 2.05) is 0 Å². The van der Waals surface area contributed by atoms with Crippen molar-refractivity contribution in [3.8, 4) is 0 Å². The van der Waals surface area contributed by atoms with E-state index in [0.29, 0.717) is 12.8 Å². The van der Waals surface area contributed by atoms with Gasteiger partial charge in [-0.05, 0) is 83.5 Å². The number of allylic oxidation sites excluding steroid dienone is 10. The van der Waals surface area contributed by atoms with E-state index < -0.39 is 6.10 Å². The summed E-state index contributed by atoms with van der Waals surface area (Å²) < 4.78 is 10.8. The SMILES string of the molecule is CCCCCCC/C=C\C/C=C\C/C=C\CCCCCCCCCCCCCCCCCCCCCCCCC(=O)OC(CO)COC(=O)CCCCCCCCCCCCCCC/C=C\C/C=C\CCCCCCC. The second kappa shape index (κ2) is 66.9. The van der Waals surface area contributed by atoms with Gasteiger partial charge in [-0.3, -0.25) is 9.59 Å². The van der Waals surface area contributed by atoms with Crippen LogP contribution in [0.1, 0.15) is 361 Å². The fourth-order valence-corrected chi connectivity index (χ4v) is 10.2. The van der Waals surface area contributed by atoms with Crippen LogP contribution in [0.3, 0.4) is 0 Å². The van der Waals surface area contributed by atoms with E-state index in [-0.39, 0.29) is 25.2 Å². The Morgan fingerprint density at radius 2 is 0.526 bits per heavy atom. The number of carbonyl (C=O) groups excluding carboxylic acids is 2. The van der Waals surface area contributed by atoms with Crippen LogP contribution in [0.25, 0.3) is 0 Å². The third kappa shape index (κ3) is 64.1. The molecule has 0 fully saturated rings. The number of hydrogen-bond donors (Lipinski definition) is 1. The van der Waals surface area contributed by atoms with Crippen molar-refractivity contribution in [1.29, 1.82) is 0 Å². The molecule has 0 aliphatic rings. The Balaban J connectivity index is 3.41. The van der Waals surface area contributed by atoms with Gasteiger partial charge in [0.15, 0.2) is 6.10 Å². The minimum absolute atomic E-state index is 0.0628. The summed E-state index contributed by atoms with van der Waals surface area (Å²) in [6.45, 7) is 4.16. The Morgan fingerprint density at radius 3 is 0.789 bits per heavy atom. The fourth-order valence-electron chi connectivity index (χ4n) is 10.2. The first-order valence-electron chi connectivity index (χ1n) is 33.8. The average molecular weight is 1060 g/mol. The van der Waals surface area contributed by atoms with Gasteiger partial charge in [0.05, 0.1) is 6.61 Å². The highest BCUT2D eigenvalue weighted by molar-refractivity contribution is 5.70. The zero-order valence-electron chi connectivity index (χ0n) is 51.0. The molecule has 1 unspecified atom stereocenters. The molecule has 0 aromatic rings. The molecule has 0 aliphatic heterocycles. The maximum absolute atomic E-state index is 12.4. The van der Waals surface area contributed by atoms with Crippen LogP contribution in [0.2, 0.25) is 0 Å². The lowest BCUT2D eigenvalue weighted by molar-refractivity contribution is -0.161. The molecule has 0 aliphatic carbocycles. The van der Waals surface area contributed by atoms with Crippen molar-refractivity contribution in [2.24, 2.45) is 0 Å². The number of aliphatic hydroxyl groups is 1. The average Bonchev–Trinajstić information content (AvgIpc) is 3.42. The molecule has 0 amide bonds. The molecule has 1 N–H and O–H groups in total. The maximum atomic E-state index is 12.4. The quantitative estimate of drug-likeness (QED) is 0.0373. The molecular formula is C71H130O5. The number of hydrogen-bond acceptors (Lipinski definition) is 5. The number of ether oxygens (including phenoxy) is 2. The molecule has 0 rings (SSSR count). The molecular weight excluding hydrogens is 933 g/mol. The van der Waals surface area contributed by atoms with Gasteiger partial charge >= 0.3 is 11.9 Å². The van der Waals surface area contributed by atoms with E-state index in [9.17, 15) is 14.7 Å². The monoisotopic (exact) mass is 1060 g/mol. The normalized spacial score (nSPS) is 12.5. The Labute approximate surface area is 474 Å². The van der Waals surface area contributed by atoms with Crippen molar-refractivity contribution in [3.63, 3.8) is 0 Å². The van der Waals surface area contributed by atoms with Crippen molar-refractivity contribution in [2.75, 3.05) is 13.2 Å². The molecule has 0 spiro atoms. The molecule has 0 aromatic heterocycles. The highest BCUT2D eigenvalue weighted by atomic mass is 16.6. The van der Waals surface area contributed by atoms with Crippen LogP contribution in [0.5, 0.6) is 0 Å². The predicted molar refractivity (Wildman–Crippen MR) is 334 cm³/mol. The van der Waals surface area contributed by atoms with Gasteiger partial charge in [0, 0.05) is 12.8 Å². The van der Waals surface area contributed by atoms with Crippen molar-refractivity contribution < 1.29 is 24.2 Å². The molecule has 5 nitrogen and oxygen atoms in total. The van der Waals surface area contributed by atoms with Crippen molar-refractivity contribution in [1.82, 2.24) is 0 Å². The summed E-state index contributed by atoms with van der Waals surface area (Å²) in [5, 5.41) is 9.69. The number of carbonyl (C=O) groups is 2. The standard InChI is InChI=1S/C71H130O5/c1-3-5-7-9-11-13-15-17-19-21-23-25-27-29-30-31-32-33-34-35-36-37-38-39-40-42-44-46-48-50-52-54-56-58-60-62-64-66-71(74)76-69(67-72)68-75-70(73)65-63-61-59-57-55-53-51-49-47-45-43-41-28-26-24-22-20-18-16-14-12-10-8-6-4-2/h15-18,21-24,27,29,69,72H,3-14,19-20,25-26,28,30-68H2,1-2H3/b17-15-,18-16-,23-21-,24-22-,29-27-. The highest BCUT2D eigenvalue weighted by Gasteiger charge is 2.16. The Kier molecular flexibility index (Phi) is 64.8. The molecule has 444 valence electrons. The minimum atomic E-state index is -0.773. The van der Waals surface area contributed by atoms with Crippen LogP contribution in [-0.2, 0) is 19.1 Å². The fraction of sp³-hybridized carbons (Fsp3) is 0.831. The number of rotatable bonds is 63. The van der Waals surface area contributed by atoms with Crippen LogP contribution >= 0.6 is 0 Å². The number of unbranched alkanes of at least 4 members (excludes halogenated alkanes) is 45. The highest BCUT2D eigenvalue weighted by Crippen LogP contribution is 2.18. The molecule has 1 atom stereocenters. The Morgan fingerprint density at radius 1 is 0.303 bits per heavy atom. The second-order valence-corrected chi connectivity index (χ2v) is 22.9. The van der Waals surface area contributed by atoms with Crippen LogP contribution in [0, 0.1) is 0 Å². The van der Waals surface area contributed by atoms with E-state index >= 15 is 0 Å². The third-order valence-corrected chi connectivity index (χ3v) is 15.3. The largest absolute Gasteiger partial charge is 0.462 e. The summed E-state index contributed by atoms with van der Waals surface area (Å²) in [5.74, 6) is -0.574. The minimum Gasteiger partial charge on any atom is -0.462 e. The summed E-state index contributed by atoms with van der Waals surface area (Å²) >= 11 is 0. The number of esters is 2. The molecule has 0 saturated carbocycles. The van der Waals surface area contributed by atoms with Crippen LogP contribution in [0.4, 0.5) is 0 Å². The van der Waals surface area contributed by atoms with Gasteiger partial charge in [-0.1, -0.05) is 325 Å². The lowest BCUT2D eigenvalue weighted by Crippen LogP contribution is -2.28. The molecule has 0 heterocycles. The van der Waals surface area contributed by atoms with Crippen molar-refractivity contribution in [2.45, 2.75) is 367 Å². The van der Waals surface area contributed by atoms with E-state index in [1.54, 1.807) is 0 Å². The van der Waals surface area contributed by atoms with Gasteiger partial charge in [-0.2, -0.15) is 0 Å². The lowest BCUT2D eigenvalue weighted by atomic mass is 10.0. The van der Waals surface area contributed by atoms with Crippen LogP contribution < -0.4 is 0 Å². The predicted octanol–water partition coefficient (Wildman–Crippen LogP) is 23.3. The van der Waals surface area contributed by atoms with E-state index in [4.69, 9.17) is 9.47 Å². The zero-order valence-corrected chi connectivity index (χ0v) is 51.0. The van der Waals surface area contributed by atoms with Crippen molar-refractivity contribution in [3.05, 3.63) is 60.8 Å². The smallest absolute Gasteiger partial charge is 0.306 e. The Hall–Kier alpha value is -2.40. The number of aliphatic hydroxyl groups excluding tert-OH is 1. The summed E-state index contributed by atoms with van der Waals surface area (Å²) in [7, 11) is 0. The van der Waals surface area contributed by atoms with Crippen LogP contribution in [0.15, 0.2) is 60.8 Å². The summed E-state index contributed by atoms with van der Waals surface area (Å²) in [6.07, 6.45) is 91.0. The summed E-state index contributed by atoms with van der Waals surface area (Å²) in [4.78, 5) is 24.6. The second-order valence-electron chi connectivity index (χ2n) is 22.9. The summed E-state index contributed by atoms with van der Waals surface area (Å²) in [6, 6.07) is 0. The summed E-state index contributed by atoms with van der Waals surface area (Å²) in [5.41, 5.74) is 0. The Bertz CT molecular complexity index is 1300. The first-order valence-corrected chi connectivity index (χ1v) is 33.8. The van der Waals surface area contributed by atoms with Crippen molar-refractivity contribution >= 4 is 11.9 Å². The topological polar surface area (TPSA) is 72.8 Å². The first-order chi connectivity index (χ1) is 37.6.